The highest BCUT2D eigenvalue weighted by atomic mass is 35.5. The van der Waals surface area contributed by atoms with Crippen LogP contribution in [0.1, 0.15) is 38.2 Å². The molecule has 0 amide bonds. The van der Waals surface area contributed by atoms with E-state index in [9.17, 15) is 0 Å². The summed E-state index contributed by atoms with van der Waals surface area (Å²) in [5, 5.41) is 0.677. The molecule has 0 spiro atoms. The van der Waals surface area contributed by atoms with Gasteiger partial charge in [-0.05, 0) is 61.4 Å². The third-order valence-corrected chi connectivity index (χ3v) is 4.14. The standard InChI is InChI=1S/C18H20ClNO/c1-12(10-13(2)17-4-3-9-20-17)14-5-8-18(16(19)11-14)21-15-6-7-15/h5,8,10-11,15H,2-4,6-7,9H2,1H3/b12-10+. The van der Waals surface area contributed by atoms with Crippen LogP contribution in [0.25, 0.3) is 5.57 Å². The largest absolute Gasteiger partial charge is 0.489 e. The van der Waals surface area contributed by atoms with Gasteiger partial charge in [0, 0.05) is 12.3 Å². The van der Waals surface area contributed by atoms with Crippen molar-refractivity contribution in [1.29, 1.82) is 0 Å². The van der Waals surface area contributed by atoms with Gasteiger partial charge in [0.25, 0.3) is 0 Å². The van der Waals surface area contributed by atoms with Crippen molar-refractivity contribution in [3.8, 4) is 5.75 Å². The molecule has 0 saturated heterocycles. The topological polar surface area (TPSA) is 21.6 Å². The molecule has 1 aromatic rings. The monoisotopic (exact) mass is 301 g/mol. The fraction of sp³-hybridized carbons (Fsp3) is 0.389. The van der Waals surface area contributed by atoms with Gasteiger partial charge in [-0.1, -0.05) is 30.3 Å². The average Bonchev–Trinajstić information content (AvgIpc) is 3.10. The third-order valence-electron chi connectivity index (χ3n) is 3.84. The molecule has 1 fully saturated rings. The lowest BCUT2D eigenvalue weighted by atomic mass is 10.0. The maximum absolute atomic E-state index is 6.31. The van der Waals surface area contributed by atoms with Crippen LogP contribution in [0.5, 0.6) is 5.75 Å². The van der Waals surface area contributed by atoms with Crippen LogP contribution in [-0.2, 0) is 0 Å². The highest BCUT2D eigenvalue weighted by Crippen LogP contribution is 2.33. The molecule has 0 bridgehead atoms. The Bertz CT molecular complexity index is 626. The van der Waals surface area contributed by atoms with Crippen molar-refractivity contribution >= 4 is 22.9 Å². The van der Waals surface area contributed by atoms with Crippen LogP contribution < -0.4 is 4.74 Å². The maximum atomic E-state index is 6.31. The average molecular weight is 302 g/mol. The molecule has 3 rings (SSSR count). The smallest absolute Gasteiger partial charge is 0.138 e. The Morgan fingerprint density at radius 3 is 2.86 bits per heavy atom. The van der Waals surface area contributed by atoms with Crippen molar-refractivity contribution in [1.82, 2.24) is 0 Å². The normalized spacial score (nSPS) is 18.6. The lowest BCUT2D eigenvalue weighted by Crippen LogP contribution is -1.97. The summed E-state index contributed by atoms with van der Waals surface area (Å²) < 4.78 is 5.77. The number of hydrogen-bond donors (Lipinski definition) is 0. The SMILES string of the molecule is C=C(/C=C(\C)c1ccc(OC2CC2)c(Cl)c1)C1=NCCC1. The molecule has 1 aliphatic carbocycles. The molecule has 2 nitrogen and oxygen atoms in total. The molecule has 0 radical (unpaired) electrons. The second-order valence-corrected chi connectivity index (χ2v) is 6.15. The second kappa shape index (κ2) is 6.07. The van der Waals surface area contributed by atoms with E-state index >= 15 is 0 Å². The minimum atomic E-state index is 0.366. The molecule has 1 aliphatic heterocycles. The van der Waals surface area contributed by atoms with Crippen molar-refractivity contribution in [2.75, 3.05) is 6.54 Å². The van der Waals surface area contributed by atoms with Gasteiger partial charge in [0.1, 0.15) is 5.75 Å². The Kier molecular flexibility index (Phi) is 4.16. The fourth-order valence-electron chi connectivity index (χ4n) is 2.44. The Balaban J connectivity index is 1.75. The molecule has 3 heteroatoms. The zero-order valence-electron chi connectivity index (χ0n) is 12.4. The summed E-state index contributed by atoms with van der Waals surface area (Å²) in [5.41, 5.74) is 4.39. The first-order chi connectivity index (χ1) is 10.1. The summed E-state index contributed by atoms with van der Waals surface area (Å²) in [7, 11) is 0. The molecule has 2 aliphatic rings. The number of rotatable bonds is 5. The van der Waals surface area contributed by atoms with E-state index in [1.165, 1.54) is 0 Å². The molecule has 0 N–H and O–H groups in total. The third kappa shape index (κ3) is 3.56. The van der Waals surface area contributed by atoms with Crippen LogP contribution in [-0.4, -0.2) is 18.4 Å². The predicted molar refractivity (Wildman–Crippen MR) is 89.4 cm³/mol. The highest BCUT2D eigenvalue weighted by Gasteiger charge is 2.24. The van der Waals surface area contributed by atoms with Crippen LogP contribution >= 0.6 is 11.6 Å². The highest BCUT2D eigenvalue weighted by molar-refractivity contribution is 6.32. The van der Waals surface area contributed by atoms with E-state index in [2.05, 4.69) is 30.6 Å². The Labute approximate surface area is 131 Å². The fourth-order valence-corrected chi connectivity index (χ4v) is 2.66. The Morgan fingerprint density at radius 1 is 1.43 bits per heavy atom. The summed E-state index contributed by atoms with van der Waals surface area (Å²) in [5.74, 6) is 0.787. The second-order valence-electron chi connectivity index (χ2n) is 5.75. The molecule has 0 aromatic heterocycles. The number of aliphatic imine (C=N–C) groups is 1. The molecule has 21 heavy (non-hydrogen) atoms. The van der Waals surface area contributed by atoms with Crippen molar-refractivity contribution < 1.29 is 4.74 Å². The summed E-state index contributed by atoms with van der Waals surface area (Å²) in [6.45, 7) is 7.13. The van der Waals surface area contributed by atoms with Crippen molar-refractivity contribution in [3.05, 3.63) is 47.0 Å². The molecule has 110 valence electrons. The Morgan fingerprint density at radius 2 is 2.24 bits per heavy atom. The van der Waals surface area contributed by atoms with Gasteiger partial charge in [-0.3, -0.25) is 4.99 Å². The van der Waals surface area contributed by atoms with Crippen LogP contribution in [0, 0.1) is 0 Å². The minimum absolute atomic E-state index is 0.366. The van der Waals surface area contributed by atoms with Crippen LogP contribution in [0.15, 0.2) is 41.4 Å². The lowest BCUT2D eigenvalue weighted by Gasteiger charge is -2.09. The van der Waals surface area contributed by atoms with Crippen LogP contribution in [0.4, 0.5) is 0 Å². The minimum Gasteiger partial charge on any atom is -0.489 e. The molecule has 0 unspecified atom stereocenters. The zero-order valence-corrected chi connectivity index (χ0v) is 13.1. The van der Waals surface area contributed by atoms with E-state index < -0.39 is 0 Å². The number of benzene rings is 1. The van der Waals surface area contributed by atoms with Gasteiger partial charge in [0.05, 0.1) is 11.1 Å². The van der Waals surface area contributed by atoms with E-state index in [1.54, 1.807) is 0 Å². The quantitative estimate of drug-likeness (QED) is 0.695. The predicted octanol–water partition coefficient (Wildman–Crippen LogP) is 5.08. The van der Waals surface area contributed by atoms with Crippen LogP contribution in [0.3, 0.4) is 0 Å². The first-order valence-electron chi connectivity index (χ1n) is 7.51. The molecule has 1 saturated carbocycles. The van der Waals surface area contributed by atoms with Gasteiger partial charge in [0.15, 0.2) is 0 Å². The number of ether oxygens (including phenoxy) is 1. The van der Waals surface area contributed by atoms with E-state index in [0.717, 1.165) is 60.4 Å². The van der Waals surface area contributed by atoms with Gasteiger partial charge in [-0.15, -0.1) is 0 Å². The molecular weight excluding hydrogens is 282 g/mol. The number of hydrogen-bond acceptors (Lipinski definition) is 2. The zero-order chi connectivity index (χ0) is 14.8. The van der Waals surface area contributed by atoms with E-state index in [-0.39, 0.29) is 0 Å². The van der Waals surface area contributed by atoms with Gasteiger partial charge >= 0.3 is 0 Å². The molecular formula is C18H20ClNO. The van der Waals surface area contributed by atoms with Gasteiger partial charge in [-0.25, -0.2) is 0 Å². The van der Waals surface area contributed by atoms with E-state index in [0.29, 0.717) is 11.1 Å². The first kappa shape index (κ1) is 14.4. The number of allylic oxidation sites excluding steroid dienone is 3. The maximum Gasteiger partial charge on any atom is 0.138 e. The molecule has 1 aromatic carbocycles. The number of nitrogens with zero attached hydrogens (tertiary/aromatic N) is 1. The summed E-state index contributed by atoms with van der Waals surface area (Å²) in [4.78, 5) is 4.48. The Hall–Kier alpha value is -1.54. The van der Waals surface area contributed by atoms with Gasteiger partial charge in [0.2, 0.25) is 0 Å². The van der Waals surface area contributed by atoms with Crippen LogP contribution in [0.2, 0.25) is 5.02 Å². The molecule has 1 heterocycles. The van der Waals surface area contributed by atoms with Crippen molar-refractivity contribution in [3.63, 3.8) is 0 Å². The van der Waals surface area contributed by atoms with E-state index in [4.69, 9.17) is 16.3 Å². The summed E-state index contributed by atoms with van der Waals surface area (Å²) in [6, 6.07) is 5.98. The summed E-state index contributed by atoms with van der Waals surface area (Å²) >= 11 is 6.31. The van der Waals surface area contributed by atoms with E-state index in [1.807, 2.05) is 12.1 Å². The van der Waals surface area contributed by atoms with Gasteiger partial charge in [-0.2, -0.15) is 0 Å². The summed E-state index contributed by atoms with van der Waals surface area (Å²) in [6.07, 6.45) is 6.91. The lowest BCUT2D eigenvalue weighted by molar-refractivity contribution is 0.303. The van der Waals surface area contributed by atoms with Crippen molar-refractivity contribution in [2.24, 2.45) is 4.99 Å². The van der Waals surface area contributed by atoms with Gasteiger partial charge < -0.3 is 4.74 Å². The number of halogens is 1. The first-order valence-corrected chi connectivity index (χ1v) is 7.89. The molecule has 0 atom stereocenters. The van der Waals surface area contributed by atoms with Crippen molar-refractivity contribution in [2.45, 2.75) is 38.7 Å².